The molecule has 2 N–H and O–H groups in total. The number of benzene rings is 2. The molecule has 0 bridgehead atoms. The van der Waals surface area contributed by atoms with E-state index in [4.69, 9.17) is 9.47 Å². The number of H-pyrrole nitrogens is 1. The van der Waals surface area contributed by atoms with Crippen LogP contribution in [-0.4, -0.2) is 27.6 Å². The predicted octanol–water partition coefficient (Wildman–Crippen LogP) is 2.33. The fraction of sp³-hybridized carbons (Fsp3) is 0.211. The van der Waals surface area contributed by atoms with Gasteiger partial charge >= 0.3 is 0 Å². The molecule has 0 fully saturated rings. The lowest BCUT2D eigenvalue weighted by Gasteiger charge is -2.12. The van der Waals surface area contributed by atoms with Crippen molar-refractivity contribution < 1.29 is 17.9 Å². The van der Waals surface area contributed by atoms with Gasteiger partial charge in [0, 0.05) is 23.7 Å². The smallest absolute Gasteiger partial charge is 0.252 e. The van der Waals surface area contributed by atoms with Crippen LogP contribution in [0.5, 0.6) is 11.5 Å². The van der Waals surface area contributed by atoms with Crippen LogP contribution in [-0.2, 0) is 16.6 Å². The van der Waals surface area contributed by atoms with Gasteiger partial charge in [-0.15, -0.1) is 0 Å². The van der Waals surface area contributed by atoms with Gasteiger partial charge in [-0.2, -0.15) is 0 Å². The van der Waals surface area contributed by atoms with Crippen molar-refractivity contribution in [2.45, 2.75) is 18.4 Å². The number of ether oxygens (including phenoxy) is 2. The molecule has 1 heterocycles. The quantitative estimate of drug-likeness (QED) is 0.675. The molecule has 0 amide bonds. The van der Waals surface area contributed by atoms with Crippen LogP contribution in [0, 0.1) is 6.92 Å². The number of hydrogen-bond acceptors (Lipinski definition) is 5. The molecule has 0 aliphatic rings. The summed E-state index contributed by atoms with van der Waals surface area (Å²) in [4.78, 5) is 15.0. The lowest BCUT2D eigenvalue weighted by Crippen LogP contribution is -2.27. The van der Waals surface area contributed by atoms with Crippen LogP contribution in [0.25, 0.3) is 10.9 Å². The van der Waals surface area contributed by atoms with Crippen molar-refractivity contribution in [2.75, 3.05) is 14.2 Å². The van der Waals surface area contributed by atoms with Crippen molar-refractivity contribution in [1.82, 2.24) is 9.71 Å². The second kappa shape index (κ2) is 7.42. The molecule has 0 spiro atoms. The lowest BCUT2D eigenvalue weighted by molar-refractivity contribution is 0.386. The molecular weight excluding hydrogens is 368 g/mol. The van der Waals surface area contributed by atoms with Gasteiger partial charge in [0.1, 0.15) is 16.4 Å². The first-order valence-electron chi connectivity index (χ1n) is 8.18. The number of nitrogens with one attached hydrogen (secondary N) is 2. The number of aromatic nitrogens is 1. The van der Waals surface area contributed by atoms with Gasteiger partial charge in [0.05, 0.1) is 14.2 Å². The Hall–Kier alpha value is -2.84. The maximum Gasteiger partial charge on any atom is 0.252 e. The minimum absolute atomic E-state index is 0.0290. The maximum atomic E-state index is 12.7. The van der Waals surface area contributed by atoms with Crippen LogP contribution in [0.3, 0.4) is 0 Å². The summed E-state index contributed by atoms with van der Waals surface area (Å²) in [7, 11) is -1.03. The molecule has 0 saturated carbocycles. The Morgan fingerprint density at radius 2 is 1.81 bits per heavy atom. The summed E-state index contributed by atoms with van der Waals surface area (Å²) in [6, 6.07) is 11.8. The highest BCUT2D eigenvalue weighted by atomic mass is 32.2. The van der Waals surface area contributed by atoms with E-state index in [1.165, 1.54) is 32.4 Å². The van der Waals surface area contributed by atoms with E-state index in [0.717, 1.165) is 10.9 Å². The Kier molecular flexibility index (Phi) is 5.20. The van der Waals surface area contributed by atoms with E-state index < -0.39 is 10.0 Å². The van der Waals surface area contributed by atoms with Gasteiger partial charge in [-0.1, -0.05) is 12.1 Å². The summed E-state index contributed by atoms with van der Waals surface area (Å²) >= 11 is 0. The second-order valence-corrected chi connectivity index (χ2v) is 7.79. The van der Waals surface area contributed by atoms with Crippen molar-refractivity contribution in [2.24, 2.45) is 0 Å². The first kappa shape index (κ1) is 18.9. The van der Waals surface area contributed by atoms with Crippen molar-refractivity contribution in [3.63, 3.8) is 0 Å². The van der Waals surface area contributed by atoms with Crippen molar-refractivity contribution >= 4 is 20.9 Å². The maximum absolute atomic E-state index is 12.7. The molecule has 0 atom stereocenters. The fourth-order valence-electron chi connectivity index (χ4n) is 2.74. The van der Waals surface area contributed by atoms with E-state index in [2.05, 4.69) is 9.71 Å². The van der Waals surface area contributed by atoms with Crippen LogP contribution in [0.2, 0.25) is 0 Å². The molecule has 3 rings (SSSR count). The lowest BCUT2D eigenvalue weighted by atomic mass is 10.1. The van der Waals surface area contributed by atoms with Crippen LogP contribution in [0.15, 0.2) is 52.2 Å². The molecule has 1 aromatic heterocycles. The van der Waals surface area contributed by atoms with Crippen molar-refractivity contribution in [3.8, 4) is 11.5 Å². The number of aryl methyl sites for hydroxylation is 1. The van der Waals surface area contributed by atoms with Gasteiger partial charge in [-0.05, 0) is 42.1 Å². The molecule has 0 aliphatic heterocycles. The molecule has 0 aliphatic carbocycles. The predicted molar refractivity (Wildman–Crippen MR) is 103 cm³/mol. The number of fused-ring (bicyclic) bond motifs is 1. The minimum Gasteiger partial charge on any atom is -0.497 e. The zero-order chi connectivity index (χ0) is 19.6. The van der Waals surface area contributed by atoms with Crippen LogP contribution >= 0.6 is 0 Å². The average Bonchev–Trinajstić information content (AvgIpc) is 2.65. The minimum atomic E-state index is -3.89. The molecule has 8 heteroatoms. The third-order valence-electron chi connectivity index (χ3n) is 4.19. The number of sulfonamides is 1. The first-order valence-corrected chi connectivity index (χ1v) is 9.66. The molecular formula is C19H20N2O5S. The van der Waals surface area contributed by atoms with Gasteiger partial charge in [-0.3, -0.25) is 4.79 Å². The Bertz CT molecular complexity index is 1150. The summed E-state index contributed by atoms with van der Waals surface area (Å²) in [5.74, 6) is 0.636. The van der Waals surface area contributed by atoms with Gasteiger partial charge in [0.25, 0.3) is 5.56 Å². The third-order valence-corrected chi connectivity index (χ3v) is 5.63. The number of methoxy groups -OCH3 is 2. The molecule has 2 aromatic carbocycles. The molecule has 0 radical (unpaired) electrons. The summed E-state index contributed by atoms with van der Waals surface area (Å²) < 4.78 is 38.0. The van der Waals surface area contributed by atoms with E-state index >= 15 is 0 Å². The summed E-state index contributed by atoms with van der Waals surface area (Å²) in [5.41, 5.74) is 1.72. The normalized spacial score (nSPS) is 11.5. The first-order chi connectivity index (χ1) is 12.8. The Labute approximate surface area is 157 Å². The van der Waals surface area contributed by atoms with E-state index in [0.29, 0.717) is 16.8 Å². The molecule has 142 valence electrons. The fourth-order valence-corrected chi connectivity index (χ4v) is 3.89. The van der Waals surface area contributed by atoms with Gasteiger partial charge in [-0.25, -0.2) is 13.1 Å². The Balaban J connectivity index is 1.90. The topological polar surface area (TPSA) is 97.5 Å². The summed E-state index contributed by atoms with van der Waals surface area (Å²) in [6.45, 7) is 1.79. The average molecular weight is 388 g/mol. The Morgan fingerprint density at radius 3 is 2.52 bits per heavy atom. The van der Waals surface area contributed by atoms with E-state index in [1.54, 1.807) is 6.07 Å². The van der Waals surface area contributed by atoms with E-state index in [1.807, 2.05) is 25.1 Å². The highest BCUT2D eigenvalue weighted by Gasteiger charge is 2.20. The second-order valence-electron chi connectivity index (χ2n) is 6.06. The molecule has 7 nitrogen and oxygen atoms in total. The number of hydrogen-bond donors (Lipinski definition) is 2. The molecule has 27 heavy (non-hydrogen) atoms. The van der Waals surface area contributed by atoms with Crippen LogP contribution < -0.4 is 19.8 Å². The standard InChI is InChI=1S/C19H20N2O5S/c1-12-4-5-13-9-14(19(22)21-16(13)8-12)11-20-27(23,24)18-7-6-15(25-2)10-17(18)26-3/h4-10,20H,11H2,1-3H3,(H,21,22). The van der Waals surface area contributed by atoms with Crippen LogP contribution in [0.1, 0.15) is 11.1 Å². The molecule has 0 saturated heterocycles. The SMILES string of the molecule is COc1ccc(S(=O)(=O)NCc2cc3ccc(C)cc3[nH]c2=O)c(OC)c1. The Morgan fingerprint density at radius 1 is 1.04 bits per heavy atom. The number of aromatic amines is 1. The van der Waals surface area contributed by atoms with Crippen LogP contribution in [0.4, 0.5) is 0 Å². The molecule has 0 unspecified atom stereocenters. The number of pyridine rings is 1. The van der Waals surface area contributed by atoms with E-state index in [9.17, 15) is 13.2 Å². The van der Waals surface area contributed by atoms with Gasteiger partial charge < -0.3 is 14.5 Å². The van der Waals surface area contributed by atoms with E-state index in [-0.39, 0.29) is 22.7 Å². The number of rotatable bonds is 6. The van der Waals surface area contributed by atoms with Gasteiger partial charge in [0.2, 0.25) is 10.0 Å². The zero-order valence-electron chi connectivity index (χ0n) is 15.2. The van der Waals surface area contributed by atoms with Crippen molar-refractivity contribution in [3.05, 3.63) is 63.9 Å². The largest absolute Gasteiger partial charge is 0.497 e. The third kappa shape index (κ3) is 3.96. The molecule has 3 aromatic rings. The zero-order valence-corrected chi connectivity index (χ0v) is 16.0. The summed E-state index contributed by atoms with van der Waals surface area (Å²) in [5, 5.41) is 0.830. The highest BCUT2D eigenvalue weighted by Crippen LogP contribution is 2.28. The van der Waals surface area contributed by atoms with Gasteiger partial charge in [0.15, 0.2) is 0 Å². The highest BCUT2D eigenvalue weighted by molar-refractivity contribution is 7.89. The van der Waals surface area contributed by atoms with Crippen molar-refractivity contribution in [1.29, 1.82) is 0 Å². The monoisotopic (exact) mass is 388 g/mol. The summed E-state index contributed by atoms with van der Waals surface area (Å²) in [6.07, 6.45) is 0.